The van der Waals surface area contributed by atoms with Crippen LogP contribution in [0.25, 0.3) is 60.5 Å². The Hall–Kier alpha value is -8.92. The third-order valence-corrected chi connectivity index (χ3v) is 14.5. The van der Waals surface area contributed by atoms with Gasteiger partial charge in [-0.2, -0.15) is 0 Å². The Labute approximate surface area is 395 Å². The van der Waals surface area contributed by atoms with E-state index in [-0.39, 0.29) is 0 Å². The molecule has 1 aromatic heterocycles. The second-order valence-electron chi connectivity index (χ2n) is 18.0. The summed E-state index contributed by atoms with van der Waals surface area (Å²) in [5.74, 6) is 0. The average molecular weight is 866 g/mol. The van der Waals surface area contributed by atoms with Gasteiger partial charge in [-0.3, -0.25) is 0 Å². The van der Waals surface area contributed by atoms with Crippen molar-refractivity contribution < 1.29 is 0 Å². The monoisotopic (exact) mass is 865 g/mol. The Bertz CT molecular complexity index is 3680. The van der Waals surface area contributed by atoms with Crippen molar-refractivity contribution in [2.24, 2.45) is 0 Å². The molecule has 318 valence electrons. The van der Waals surface area contributed by atoms with Crippen molar-refractivity contribution in [2.45, 2.75) is 5.41 Å². The summed E-state index contributed by atoms with van der Waals surface area (Å²) in [6, 6.07) is 96.3. The van der Waals surface area contributed by atoms with Gasteiger partial charge < -0.3 is 14.4 Å². The molecule has 11 aromatic carbocycles. The molecule has 0 aliphatic heterocycles. The van der Waals surface area contributed by atoms with Crippen LogP contribution in [0.2, 0.25) is 0 Å². The standard InChI is InChI=1S/C65H43N3/c1-6-22-45(23-7-1)66(46-24-8-2-9-25-46)50-36-38-52-53-39-37-51(67(47-26-10-3-11-27-47)48-28-12-4-13-29-48)43-60(53)65(59(52)42-50)57-34-19-21-44-20-18-33-56(62(44)57)63-58(65)41-40-55-54-32-16-17-35-61(54)68(64(55)63)49-30-14-5-15-31-49/h1-43H. The fraction of sp³-hybridized carbons (Fsp3) is 0.0154. The van der Waals surface area contributed by atoms with Crippen LogP contribution < -0.4 is 9.80 Å². The van der Waals surface area contributed by atoms with Gasteiger partial charge in [0.05, 0.1) is 16.4 Å². The molecule has 0 bridgehead atoms. The molecular weight excluding hydrogens is 823 g/mol. The van der Waals surface area contributed by atoms with E-state index >= 15 is 0 Å². The van der Waals surface area contributed by atoms with Gasteiger partial charge in [0.1, 0.15) is 0 Å². The molecule has 0 atom stereocenters. The Morgan fingerprint density at radius 2 is 0.794 bits per heavy atom. The van der Waals surface area contributed by atoms with Gasteiger partial charge >= 0.3 is 0 Å². The molecule has 3 nitrogen and oxygen atoms in total. The third-order valence-electron chi connectivity index (χ3n) is 14.5. The predicted molar refractivity (Wildman–Crippen MR) is 284 cm³/mol. The van der Waals surface area contributed by atoms with E-state index in [2.05, 4.69) is 275 Å². The van der Waals surface area contributed by atoms with E-state index in [1.807, 2.05) is 0 Å². The molecule has 0 unspecified atom stereocenters. The molecule has 2 aliphatic carbocycles. The smallest absolute Gasteiger partial charge is 0.0728 e. The highest BCUT2D eigenvalue weighted by Crippen LogP contribution is 2.64. The highest BCUT2D eigenvalue weighted by molar-refractivity contribution is 6.19. The minimum absolute atomic E-state index is 0.732. The molecule has 0 saturated heterocycles. The molecule has 0 saturated carbocycles. The Morgan fingerprint density at radius 1 is 0.309 bits per heavy atom. The Balaban J connectivity index is 1.16. The molecule has 0 fully saturated rings. The second-order valence-corrected chi connectivity index (χ2v) is 18.0. The Kier molecular flexibility index (Phi) is 8.50. The van der Waals surface area contributed by atoms with Crippen LogP contribution in [0.3, 0.4) is 0 Å². The minimum atomic E-state index is -0.732. The third kappa shape index (κ3) is 5.47. The summed E-state index contributed by atoms with van der Waals surface area (Å²) in [7, 11) is 0. The summed E-state index contributed by atoms with van der Waals surface area (Å²) in [6.07, 6.45) is 0. The molecule has 0 N–H and O–H groups in total. The van der Waals surface area contributed by atoms with E-state index in [0.717, 1.165) is 39.8 Å². The van der Waals surface area contributed by atoms with Crippen LogP contribution >= 0.6 is 0 Å². The van der Waals surface area contributed by atoms with Crippen LogP contribution in [0.5, 0.6) is 0 Å². The first-order valence-electron chi connectivity index (χ1n) is 23.5. The molecule has 0 amide bonds. The van der Waals surface area contributed by atoms with E-state index in [1.54, 1.807) is 0 Å². The quantitative estimate of drug-likeness (QED) is 0.158. The van der Waals surface area contributed by atoms with Crippen LogP contribution in [0.15, 0.2) is 261 Å². The van der Waals surface area contributed by atoms with Crippen molar-refractivity contribution in [3.8, 4) is 27.9 Å². The van der Waals surface area contributed by atoms with Crippen LogP contribution in [0.1, 0.15) is 22.3 Å². The molecule has 2 aliphatic rings. The van der Waals surface area contributed by atoms with Gasteiger partial charge in [-0.25, -0.2) is 0 Å². The van der Waals surface area contributed by atoms with E-state index < -0.39 is 5.41 Å². The van der Waals surface area contributed by atoms with Gasteiger partial charge in [0.25, 0.3) is 0 Å². The maximum absolute atomic E-state index is 2.52. The zero-order valence-corrected chi connectivity index (χ0v) is 37.2. The number of benzene rings is 11. The van der Waals surface area contributed by atoms with Crippen molar-refractivity contribution in [1.29, 1.82) is 0 Å². The highest BCUT2D eigenvalue weighted by Gasteiger charge is 2.51. The van der Waals surface area contributed by atoms with E-state index in [4.69, 9.17) is 0 Å². The van der Waals surface area contributed by atoms with Crippen molar-refractivity contribution in [2.75, 3.05) is 9.80 Å². The molecule has 1 heterocycles. The summed E-state index contributed by atoms with van der Waals surface area (Å²) in [6.45, 7) is 0. The zero-order chi connectivity index (χ0) is 44.8. The summed E-state index contributed by atoms with van der Waals surface area (Å²) in [5.41, 5.74) is 19.6. The summed E-state index contributed by atoms with van der Waals surface area (Å²) >= 11 is 0. The summed E-state index contributed by atoms with van der Waals surface area (Å²) < 4.78 is 2.52. The molecule has 3 heteroatoms. The number of hydrogen-bond acceptors (Lipinski definition) is 2. The van der Waals surface area contributed by atoms with Gasteiger partial charge in [-0.15, -0.1) is 0 Å². The molecular formula is C65H43N3. The zero-order valence-electron chi connectivity index (χ0n) is 37.2. The van der Waals surface area contributed by atoms with E-state index in [9.17, 15) is 0 Å². The van der Waals surface area contributed by atoms with Crippen molar-refractivity contribution in [3.63, 3.8) is 0 Å². The number of nitrogens with zero attached hydrogens (tertiary/aromatic N) is 3. The van der Waals surface area contributed by atoms with Crippen LogP contribution in [-0.2, 0) is 5.41 Å². The molecule has 1 spiro atoms. The molecule has 0 radical (unpaired) electrons. The molecule has 14 rings (SSSR count). The van der Waals surface area contributed by atoms with Crippen LogP contribution in [0, 0.1) is 0 Å². The number of fused-ring (bicyclic) bond motifs is 13. The largest absolute Gasteiger partial charge is 0.310 e. The summed E-state index contributed by atoms with van der Waals surface area (Å²) in [4.78, 5) is 4.81. The lowest BCUT2D eigenvalue weighted by Gasteiger charge is -2.41. The number of para-hydroxylation sites is 6. The topological polar surface area (TPSA) is 11.4 Å². The maximum Gasteiger partial charge on any atom is 0.0728 e. The number of hydrogen-bond donors (Lipinski definition) is 0. The fourth-order valence-corrected chi connectivity index (χ4v) is 11.9. The van der Waals surface area contributed by atoms with Gasteiger partial charge in [0.15, 0.2) is 0 Å². The van der Waals surface area contributed by atoms with Crippen molar-refractivity contribution in [3.05, 3.63) is 283 Å². The normalized spacial score (nSPS) is 12.8. The first-order chi connectivity index (χ1) is 33.8. The van der Waals surface area contributed by atoms with Crippen LogP contribution in [0.4, 0.5) is 34.1 Å². The van der Waals surface area contributed by atoms with E-state index in [0.29, 0.717) is 0 Å². The van der Waals surface area contributed by atoms with Gasteiger partial charge in [-0.1, -0.05) is 170 Å². The summed E-state index contributed by atoms with van der Waals surface area (Å²) in [5, 5.41) is 5.01. The average Bonchev–Trinajstić information content (AvgIpc) is 3.89. The first kappa shape index (κ1) is 38.4. The van der Waals surface area contributed by atoms with Crippen molar-refractivity contribution in [1.82, 2.24) is 4.57 Å². The minimum Gasteiger partial charge on any atom is -0.310 e. The van der Waals surface area contributed by atoms with Crippen molar-refractivity contribution >= 4 is 66.7 Å². The lowest BCUT2D eigenvalue weighted by Crippen LogP contribution is -2.32. The van der Waals surface area contributed by atoms with Gasteiger partial charge in [-0.05, 0) is 141 Å². The lowest BCUT2D eigenvalue weighted by molar-refractivity contribution is 0.774. The SMILES string of the molecule is c1ccc(N(c2ccccc2)c2ccc3c(c2)C2(c4cc(N(c5ccccc5)c5ccccc5)ccc4-3)c3ccc4c5ccccc5n(-c5ccccc5)c4c3-c3cccc4cccc2c34)cc1. The first-order valence-corrected chi connectivity index (χ1v) is 23.5. The van der Waals surface area contributed by atoms with E-state index in [1.165, 1.54) is 77.1 Å². The lowest BCUT2D eigenvalue weighted by atomic mass is 9.61. The highest BCUT2D eigenvalue weighted by atomic mass is 15.1. The predicted octanol–water partition coefficient (Wildman–Crippen LogP) is 17.2. The number of rotatable bonds is 7. The number of aromatic nitrogens is 1. The number of anilines is 6. The van der Waals surface area contributed by atoms with Gasteiger partial charge in [0, 0.05) is 56.1 Å². The molecule has 68 heavy (non-hydrogen) atoms. The van der Waals surface area contributed by atoms with Crippen LogP contribution in [-0.4, -0.2) is 4.57 Å². The second kappa shape index (κ2) is 15.1. The maximum atomic E-state index is 2.52. The molecule has 12 aromatic rings. The fourth-order valence-electron chi connectivity index (χ4n) is 11.9. The van der Waals surface area contributed by atoms with Gasteiger partial charge in [0.2, 0.25) is 0 Å². The Morgan fingerprint density at radius 3 is 1.34 bits per heavy atom.